The second kappa shape index (κ2) is 5.54. The summed E-state index contributed by atoms with van der Waals surface area (Å²) >= 11 is 7.12. The Morgan fingerprint density at radius 3 is 2.89 bits per heavy atom. The largest absolute Gasteiger partial charge is 0.318 e. The molecule has 0 radical (unpaired) electrons. The smallest absolute Gasteiger partial charge is 0.249 e. The number of nitrogens with zero attached hydrogens (tertiary/aromatic N) is 1. The predicted octanol–water partition coefficient (Wildman–Crippen LogP) is 1.29. The van der Waals surface area contributed by atoms with E-state index in [1.165, 1.54) is 22.3 Å². The lowest BCUT2D eigenvalue weighted by molar-refractivity contribution is -0.147. The van der Waals surface area contributed by atoms with Crippen LogP contribution < -0.4 is 5.32 Å². The minimum Gasteiger partial charge on any atom is -0.318 e. The molecule has 1 aromatic rings. The number of carbonyl (C=O) groups excluding carboxylic acids is 3. The van der Waals surface area contributed by atoms with Crippen molar-refractivity contribution < 1.29 is 14.4 Å². The van der Waals surface area contributed by atoms with Crippen LogP contribution in [0.25, 0.3) is 6.08 Å². The Balaban J connectivity index is 2.08. The highest BCUT2D eigenvalue weighted by molar-refractivity contribution is 7.17. The summed E-state index contributed by atoms with van der Waals surface area (Å²) in [5.41, 5.74) is 0. The van der Waals surface area contributed by atoms with E-state index in [1.54, 1.807) is 25.1 Å². The minimum absolute atomic E-state index is 0.110. The van der Waals surface area contributed by atoms with Crippen molar-refractivity contribution in [1.29, 1.82) is 0 Å². The van der Waals surface area contributed by atoms with Gasteiger partial charge in [0.25, 0.3) is 0 Å². The Hall–Kier alpha value is -1.66. The van der Waals surface area contributed by atoms with E-state index < -0.39 is 17.9 Å². The summed E-state index contributed by atoms with van der Waals surface area (Å²) in [5, 5.41) is 2.18. The van der Waals surface area contributed by atoms with E-state index in [9.17, 15) is 14.4 Å². The van der Waals surface area contributed by atoms with E-state index in [0.717, 1.165) is 4.88 Å². The van der Waals surface area contributed by atoms with E-state index in [2.05, 4.69) is 5.32 Å². The van der Waals surface area contributed by atoms with Crippen molar-refractivity contribution in [2.75, 3.05) is 6.54 Å². The van der Waals surface area contributed by atoms with E-state index >= 15 is 0 Å². The second-order valence-electron chi connectivity index (χ2n) is 4.03. The number of hydrogen-bond acceptors (Lipinski definition) is 4. The predicted molar refractivity (Wildman–Crippen MR) is 72.7 cm³/mol. The zero-order chi connectivity index (χ0) is 14.0. The van der Waals surface area contributed by atoms with E-state index in [4.69, 9.17) is 11.6 Å². The molecule has 1 fully saturated rings. The topological polar surface area (TPSA) is 66.5 Å². The highest BCUT2D eigenvalue weighted by Gasteiger charge is 2.32. The van der Waals surface area contributed by atoms with Gasteiger partial charge in [-0.2, -0.15) is 0 Å². The van der Waals surface area contributed by atoms with Gasteiger partial charge < -0.3 is 4.90 Å². The summed E-state index contributed by atoms with van der Waals surface area (Å²) in [5.74, 6) is -1.30. The molecule has 1 aromatic heterocycles. The molecular weight excluding hydrogens is 288 g/mol. The minimum atomic E-state index is -0.651. The number of hydrogen-bond donors (Lipinski definition) is 1. The van der Waals surface area contributed by atoms with Gasteiger partial charge in [-0.1, -0.05) is 11.6 Å². The fourth-order valence-electron chi connectivity index (χ4n) is 1.65. The van der Waals surface area contributed by atoms with Gasteiger partial charge in [0.2, 0.25) is 17.7 Å². The monoisotopic (exact) mass is 298 g/mol. The molecule has 1 aliphatic rings. The molecule has 0 aromatic carbocycles. The van der Waals surface area contributed by atoms with Crippen LogP contribution >= 0.6 is 22.9 Å². The van der Waals surface area contributed by atoms with Crippen LogP contribution in [-0.2, 0) is 14.4 Å². The van der Waals surface area contributed by atoms with Crippen molar-refractivity contribution in [3.05, 3.63) is 27.4 Å². The molecule has 0 aliphatic carbocycles. The van der Waals surface area contributed by atoms with Gasteiger partial charge in [0.1, 0.15) is 12.6 Å². The molecule has 5 nitrogen and oxygen atoms in total. The third kappa shape index (κ3) is 3.21. The normalized spacial score (nSPS) is 19.9. The van der Waals surface area contributed by atoms with Crippen molar-refractivity contribution in [3.8, 4) is 0 Å². The van der Waals surface area contributed by atoms with E-state index in [1.807, 2.05) is 0 Å². The second-order valence-corrected chi connectivity index (χ2v) is 5.78. The lowest BCUT2D eigenvalue weighted by Gasteiger charge is -2.30. The summed E-state index contributed by atoms with van der Waals surface area (Å²) in [7, 11) is 0. The van der Waals surface area contributed by atoms with Gasteiger partial charge in [-0.15, -0.1) is 11.3 Å². The molecule has 1 saturated heterocycles. The summed E-state index contributed by atoms with van der Waals surface area (Å²) in [4.78, 5) is 36.7. The Labute approximate surface area is 118 Å². The molecule has 100 valence electrons. The Bertz CT molecular complexity index is 567. The molecule has 1 atom stereocenters. The first-order chi connectivity index (χ1) is 8.97. The van der Waals surface area contributed by atoms with Gasteiger partial charge in [-0.05, 0) is 25.1 Å². The molecule has 0 bridgehead atoms. The van der Waals surface area contributed by atoms with Crippen LogP contribution in [-0.4, -0.2) is 35.2 Å². The van der Waals surface area contributed by atoms with Crippen molar-refractivity contribution in [2.24, 2.45) is 0 Å². The van der Waals surface area contributed by atoms with Crippen LogP contribution in [0.1, 0.15) is 11.8 Å². The number of thiophene rings is 1. The lowest BCUT2D eigenvalue weighted by atomic mass is 10.2. The average Bonchev–Trinajstić information content (AvgIpc) is 2.76. The third-order valence-corrected chi connectivity index (χ3v) is 3.89. The molecule has 3 amide bonds. The third-order valence-electron chi connectivity index (χ3n) is 2.69. The van der Waals surface area contributed by atoms with Crippen LogP contribution in [0.4, 0.5) is 0 Å². The Morgan fingerprint density at radius 1 is 1.53 bits per heavy atom. The Morgan fingerprint density at radius 2 is 2.26 bits per heavy atom. The molecular formula is C12H11ClN2O3S. The van der Waals surface area contributed by atoms with Crippen LogP contribution in [0, 0.1) is 0 Å². The average molecular weight is 299 g/mol. The number of halogens is 1. The van der Waals surface area contributed by atoms with Gasteiger partial charge in [-0.25, -0.2) is 0 Å². The molecule has 2 heterocycles. The summed E-state index contributed by atoms with van der Waals surface area (Å²) in [6, 6.07) is 2.87. The number of rotatable bonds is 2. The summed E-state index contributed by atoms with van der Waals surface area (Å²) < 4.78 is 0.632. The first-order valence-corrected chi connectivity index (χ1v) is 6.74. The lowest BCUT2D eigenvalue weighted by Crippen LogP contribution is -2.58. The van der Waals surface area contributed by atoms with Gasteiger partial charge in [0, 0.05) is 11.0 Å². The summed E-state index contributed by atoms with van der Waals surface area (Å²) in [6.45, 7) is 1.47. The molecule has 7 heteroatoms. The van der Waals surface area contributed by atoms with Gasteiger partial charge >= 0.3 is 0 Å². The Kier molecular flexibility index (Phi) is 4.01. The fraction of sp³-hybridized carbons (Fsp3) is 0.250. The first-order valence-electron chi connectivity index (χ1n) is 5.55. The van der Waals surface area contributed by atoms with Crippen molar-refractivity contribution in [2.45, 2.75) is 13.0 Å². The van der Waals surface area contributed by atoms with E-state index in [0.29, 0.717) is 4.34 Å². The molecule has 1 N–H and O–H groups in total. The fourth-order valence-corrected chi connectivity index (χ4v) is 2.61. The van der Waals surface area contributed by atoms with Gasteiger partial charge in [0.15, 0.2) is 0 Å². The highest BCUT2D eigenvalue weighted by Crippen LogP contribution is 2.22. The van der Waals surface area contributed by atoms with Crippen molar-refractivity contribution in [1.82, 2.24) is 10.2 Å². The molecule has 2 rings (SSSR count). The van der Waals surface area contributed by atoms with Crippen LogP contribution in [0.5, 0.6) is 0 Å². The van der Waals surface area contributed by atoms with Crippen LogP contribution in [0.15, 0.2) is 18.2 Å². The summed E-state index contributed by atoms with van der Waals surface area (Å²) in [6.07, 6.45) is 2.95. The number of imide groups is 1. The van der Waals surface area contributed by atoms with Gasteiger partial charge in [-0.3, -0.25) is 19.7 Å². The SMILES string of the molecule is CC1C(=O)NC(=O)CN1C(=O)C=Cc1ccc(Cl)s1. The number of carbonyl (C=O) groups is 3. The van der Waals surface area contributed by atoms with Gasteiger partial charge in [0.05, 0.1) is 4.34 Å². The van der Waals surface area contributed by atoms with Crippen LogP contribution in [0.2, 0.25) is 4.34 Å². The zero-order valence-electron chi connectivity index (χ0n) is 10.1. The van der Waals surface area contributed by atoms with E-state index in [-0.39, 0.29) is 12.5 Å². The van der Waals surface area contributed by atoms with Crippen LogP contribution in [0.3, 0.4) is 0 Å². The number of amides is 3. The molecule has 1 aliphatic heterocycles. The maximum Gasteiger partial charge on any atom is 0.249 e. The maximum absolute atomic E-state index is 12.0. The number of piperazine rings is 1. The maximum atomic E-state index is 12.0. The quantitative estimate of drug-likeness (QED) is 0.661. The van der Waals surface area contributed by atoms with Crippen molar-refractivity contribution in [3.63, 3.8) is 0 Å². The standard InChI is InChI=1S/C12H11ClN2O3S/c1-7-12(18)14-10(16)6-15(7)11(17)5-3-8-2-4-9(13)19-8/h2-5,7H,6H2,1H3,(H,14,16,18). The molecule has 19 heavy (non-hydrogen) atoms. The first kappa shape index (κ1) is 13.8. The van der Waals surface area contributed by atoms with Crippen molar-refractivity contribution >= 4 is 46.7 Å². The molecule has 0 spiro atoms. The zero-order valence-corrected chi connectivity index (χ0v) is 11.6. The highest BCUT2D eigenvalue weighted by atomic mass is 35.5. The molecule has 1 unspecified atom stereocenters. The number of nitrogens with one attached hydrogen (secondary N) is 1. The molecule has 0 saturated carbocycles.